The van der Waals surface area contributed by atoms with Gasteiger partial charge in [0.2, 0.25) is 0 Å². The fraction of sp³-hybridized carbons (Fsp3) is 0.625. The van der Waals surface area contributed by atoms with E-state index in [-0.39, 0.29) is 0 Å². The molecule has 1 aliphatic rings. The maximum Gasteiger partial charge on any atom is 0.0441 e. The Morgan fingerprint density at radius 2 is 2.17 bits per heavy atom. The normalized spacial score (nSPS) is 24.6. The van der Waals surface area contributed by atoms with Crippen molar-refractivity contribution < 1.29 is 0 Å². The number of aryl methyl sites for hydroxylation is 1. The minimum absolute atomic E-state index is 0.531. The highest BCUT2D eigenvalue weighted by Crippen LogP contribution is 2.37. The lowest BCUT2D eigenvalue weighted by Crippen LogP contribution is -2.32. The Balaban J connectivity index is 2.06. The lowest BCUT2D eigenvalue weighted by Gasteiger charge is -2.33. The molecule has 0 saturated carbocycles. The Morgan fingerprint density at radius 1 is 1.39 bits per heavy atom. The van der Waals surface area contributed by atoms with E-state index in [1.165, 1.54) is 36.1 Å². The molecule has 18 heavy (non-hydrogen) atoms. The highest BCUT2D eigenvalue weighted by atomic mass is 32.2. The Kier molecular flexibility index (Phi) is 5.13. The first kappa shape index (κ1) is 14.0. The van der Waals surface area contributed by atoms with Gasteiger partial charge in [-0.3, -0.25) is 0 Å². The molecule has 0 saturated heterocycles. The van der Waals surface area contributed by atoms with E-state index >= 15 is 0 Å². The van der Waals surface area contributed by atoms with Gasteiger partial charge >= 0.3 is 0 Å². The van der Waals surface area contributed by atoms with Gasteiger partial charge < -0.3 is 5.32 Å². The SMILES string of the molecule is CCC(C)CSC1CCc2ccccc2C1NC. The van der Waals surface area contributed by atoms with Crippen LogP contribution in [0.25, 0.3) is 0 Å². The van der Waals surface area contributed by atoms with Gasteiger partial charge in [0, 0.05) is 11.3 Å². The standard InChI is InChI=1S/C16H25NS/c1-4-12(2)11-18-15-10-9-13-7-5-6-8-14(13)16(15)17-3/h5-8,12,15-17H,4,9-11H2,1-3H3. The van der Waals surface area contributed by atoms with Gasteiger partial charge in [0.25, 0.3) is 0 Å². The van der Waals surface area contributed by atoms with Crippen molar-refractivity contribution in [3.05, 3.63) is 35.4 Å². The topological polar surface area (TPSA) is 12.0 Å². The number of fused-ring (bicyclic) bond motifs is 1. The van der Waals surface area contributed by atoms with Crippen molar-refractivity contribution >= 4 is 11.8 Å². The summed E-state index contributed by atoms with van der Waals surface area (Å²) in [5.41, 5.74) is 3.06. The minimum atomic E-state index is 0.531. The summed E-state index contributed by atoms with van der Waals surface area (Å²) >= 11 is 2.16. The second-order valence-corrected chi connectivity index (χ2v) is 6.66. The number of hydrogen-bond donors (Lipinski definition) is 1. The van der Waals surface area contributed by atoms with E-state index in [2.05, 4.69) is 62.2 Å². The third kappa shape index (κ3) is 3.10. The summed E-state index contributed by atoms with van der Waals surface area (Å²) < 4.78 is 0. The van der Waals surface area contributed by atoms with Gasteiger partial charge in [0.05, 0.1) is 0 Å². The van der Waals surface area contributed by atoms with Crippen molar-refractivity contribution in [2.75, 3.05) is 12.8 Å². The molecule has 3 unspecified atom stereocenters. The number of benzene rings is 1. The lowest BCUT2D eigenvalue weighted by atomic mass is 9.87. The van der Waals surface area contributed by atoms with E-state index < -0.39 is 0 Å². The molecule has 0 fully saturated rings. The molecule has 1 aromatic rings. The van der Waals surface area contributed by atoms with E-state index in [1.54, 1.807) is 0 Å². The quantitative estimate of drug-likeness (QED) is 0.860. The van der Waals surface area contributed by atoms with Crippen LogP contribution in [0, 0.1) is 5.92 Å². The van der Waals surface area contributed by atoms with Gasteiger partial charge in [-0.1, -0.05) is 44.5 Å². The molecule has 0 aliphatic heterocycles. The van der Waals surface area contributed by atoms with Gasteiger partial charge in [-0.25, -0.2) is 0 Å². The molecule has 2 rings (SSSR count). The van der Waals surface area contributed by atoms with Crippen LogP contribution in [0.15, 0.2) is 24.3 Å². The predicted octanol–water partition coefficient (Wildman–Crippen LogP) is 4.04. The molecule has 1 N–H and O–H groups in total. The smallest absolute Gasteiger partial charge is 0.0441 e. The van der Waals surface area contributed by atoms with Crippen LogP contribution < -0.4 is 5.32 Å². The number of rotatable bonds is 5. The highest BCUT2D eigenvalue weighted by molar-refractivity contribution is 7.99. The predicted molar refractivity (Wildman–Crippen MR) is 82.3 cm³/mol. The zero-order valence-corrected chi connectivity index (χ0v) is 12.6. The Labute approximate surface area is 116 Å². The second-order valence-electron chi connectivity index (χ2n) is 5.39. The molecule has 0 aromatic heterocycles. The molecule has 0 amide bonds. The summed E-state index contributed by atoms with van der Waals surface area (Å²) in [6, 6.07) is 9.45. The summed E-state index contributed by atoms with van der Waals surface area (Å²) in [5, 5.41) is 4.27. The highest BCUT2D eigenvalue weighted by Gasteiger charge is 2.28. The monoisotopic (exact) mass is 263 g/mol. The average molecular weight is 263 g/mol. The zero-order chi connectivity index (χ0) is 13.0. The molecule has 100 valence electrons. The molecule has 1 aromatic carbocycles. The number of nitrogens with one attached hydrogen (secondary N) is 1. The summed E-state index contributed by atoms with van der Waals surface area (Å²) in [6.45, 7) is 4.65. The second kappa shape index (κ2) is 6.63. The molecule has 1 aliphatic carbocycles. The Morgan fingerprint density at radius 3 is 2.89 bits per heavy atom. The molecular formula is C16H25NS. The van der Waals surface area contributed by atoms with Crippen molar-refractivity contribution in [2.45, 2.75) is 44.4 Å². The molecule has 1 nitrogen and oxygen atoms in total. The fourth-order valence-corrected chi connectivity index (χ4v) is 4.23. The van der Waals surface area contributed by atoms with Crippen molar-refractivity contribution in [2.24, 2.45) is 5.92 Å². The van der Waals surface area contributed by atoms with Gasteiger partial charge in [0.15, 0.2) is 0 Å². The van der Waals surface area contributed by atoms with E-state index in [9.17, 15) is 0 Å². The largest absolute Gasteiger partial charge is 0.312 e. The molecule has 0 radical (unpaired) electrons. The summed E-state index contributed by atoms with van der Waals surface area (Å²) in [4.78, 5) is 0. The average Bonchev–Trinajstić information content (AvgIpc) is 2.43. The summed E-state index contributed by atoms with van der Waals surface area (Å²) in [7, 11) is 2.10. The number of thioether (sulfide) groups is 1. The van der Waals surface area contributed by atoms with Crippen LogP contribution in [0.4, 0.5) is 0 Å². The van der Waals surface area contributed by atoms with Crippen molar-refractivity contribution in [1.29, 1.82) is 0 Å². The van der Waals surface area contributed by atoms with Crippen molar-refractivity contribution in [1.82, 2.24) is 5.32 Å². The fourth-order valence-electron chi connectivity index (χ4n) is 2.66. The molecule has 0 spiro atoms. The van der Waals surface area contributed by atoms with Gasteiger partial charge in [-0.2, -0.15) is 11.8 Å². The minimum Gasteiger partial charge on any atom is -0.312 e. The van der Waals surface area contributed by atoms with Gasteiger partial charge in [0.1, 0.15) is 0 Å². The third-order valence-electron chi connectivity index (χ3n) is 4.06. The van der Waals surface area contributed by atoms with Crippen LogP contribution >= 0.6 is 11.8 Å². The molecule has 2 heteroatoms. The zero-order valence-electron chi connectivity index (χ0n) is 11.8. The van der Waals surface area contributed by atoms with Crippen LogP contribution in [0.2, 0.25) is 0 Å². The Hall–Kier alpha value is -0.470. The maximum absolute atomic E-state index is 3.53. The third-order valence-corrected chi connectivity index (χ3v) is 5.76. The number of hydrogen-bond acceptors (Lipinski definition) is 2. The Bertz CT molecular complexity index is 377. The summed E-state index contributed by atoms with van der Waals surface area (Å²) in [5.74, 6) is 2.13. The van der Waals surface area contributed by atoms with Crippen LogP contribution in [0.3, 0.4) is 0 Å². The van der Waals surface area contributed by atoms with Crippen LogP contribution in [0.1, 0.15) is 43.9 Å². The van der Waals surface area contributed by atoms with E-state index in [0.29, 0.717) is 6.04 Å². The first-order valence-corrected chi connectivity index (χ1v) is 8.17. The molecular weight excluding hydrogens is 238 g/mol. The van der Waals surface area contributed by atoms with Crippen LogP contribution in [-0.2, 0) is 6.42 Å². The van der Waals surface area contributed by atoms with Gasteiger partial charge in [-0.15, -0.1) is 0 Å². The van der Waals surface area contributed by atoms with Crippen molar-refractivity contribution in [3.8, 4) is 0 Å². The summed E-state index contributed by atoms with van der Waals surface area (Å²) in [6.07, 6.45) is 3.84. The van der Waals surface area contributed by atoms with E-state index in [4.69, 9.17) is 0 Å². The van der Waals surface area contributed by atoms with E-state index in [0.717, 1.165) is 11.2 Å². The lowest BCUT2D eigenvalue weighted by molar-refractivity contribution is 0.508. The van der Waals surface area contributed by atoms with E-state index in [1.807, 2.05) is 0 Å². The van der Waals surface area contributed by atoms with Crippen LogP contribution in [-0.4, -0.2) is 18.1 Å². The molecule has 0 bridgehead atoms. The van der Waals surface area contributed by atoms with Gasteiger partial charge in [-0.05, 0) is 42.7 Å². The first-order chi connectivity index (χ1) is 8.76. The molecule has 3 atom stereocenters. The van der Waals surface area contributed by atoms with Crippen LogP contribution in [0.5, 0.6) is 0 Å². The first-order valence-electron chi connectivity index (χ1n) is 7.13. The maximum atomic E-state index is 3.53. The molecule has 0 heterocycles. The van der Waals surface area contributed by atoms with Crippen molar-refractivity contribution in [3.63, 3.8) is 0 Å².